The second-order valence-corrected chi connectivity index (χ2v) is 16.7. The Bertz CT molecular complexity index is 2240. The second kappa shape index (κ2) is 12.3. The minimum absolute atomic E-state index is 0.0117. The summed E-state index contributed by atoms with van der Waals surface area (Å²) >= 11 is 7.76. The van der Waals surface area contributed by atoms with E-state index in [0.29, 0.717) is 57.7 Å². The molecule has 5 aliphatic rings. The zero-order valence-corrected chi connectivity index (χ0v) is 30.1. The first-order valence-corrected chi connectivity index (χ1v) is 19.1. The number of rotatable bonds is 6. The van der Waals surface area contributed by atoms with E-state index >= 15 is 4.39 Å². The molecule has 6 heterocycles. The van der Waals surface area contributed by atoms with Gasteiger partial charge in [-0.25, -0.2) is 22.0 Å². The quantitative estimate of drug-likeness (QED) is 0.201. The van der Waals surface area contributed by atoms with Gasteiger partial charge >= 0.3 is 6.01 Å². The summed E-state index contributed by atoms with van der Waals surface area (Å²) in [4.78, 5) is 28.2. The summed E-state index contributed by atoms with van der Waals surface area (Å²) in [5, 5.41) is 10.4. The lowest BCUT2D eigenvalue weighted by atomic mass is 9.84. The molecule has 3 atom stereocenters. The molecule has 4 saturated heterocycles. The largest absolute Gasteiger partial charge is 0.461 e. The van der Waals surface area contributed by atoms with Crippen LogP contribution in [0.4, 0.5) is 32.8 Å². The van der Waals surface area contributed by atoms with Crippen molar-refractivity contribution < 1.29 is 31.5 Å². The molecular weight excluding hydrogens is 737 g/mol. The van der Waals surface area contributed by atoms with Crippen molar-refractivity contribution in [1.82, 2.24) is 19.8 Å². The van der Waals surface area contributed by atoms with Crippen LogP contribution in [0.3, 0.4) is 0 Å². The number of aromatic nitrogens is 2. The van der Waals surface area contributed by atoms with Crippen LogP contribution in [0.2, 0.25) is 5.02 Å². The molecule has 9 nitrogen and oxygen atoms in total. The summed E-state index contributed by atoms with van der Waals surface area (Å²) in [6, 6.07) is 5.97. The summed E-state index contributed by atoms with van der Waals surface area (Å²) in [5.41, 5.74) is 4.96. The van der Waals surface area contributed by atoms with Gasteiger partial charge in [-0.3, -0.25) is 9.69 Å². The van der Waals surface area contributed by atoms with Gasteiger partial charge in [0.2, 0.25) is 5.91 Å². The molecule has 2 N–H and O–H groups in total. The molecule has 4 aromatic rings. The van der Waals surface area contributed by atoms with E-state index in [9.17, 15) is 27.6 Å². The molecule has 1 unspecified atom stereocenters. The Kier molecular flexibility index (Phi) is 8.04. The second-order valence-electron chi connectivity index (χ2n) is 15.2. The number of anilines is 2. The van der Waals surface area contributed by atoms with Crippen LogP contribution in [0.5, 0.6) is 6.01 Å². The van der Waals surface area contributed by atoms with Crippen LogP contribution >= 0.6 is 22.9 Å². The Hall–Kier alpha value is -4.00. The zero-order chi connectivity index (χ0) is 37.0. The Balaban J connectivity index is 1.12. The molecule has 1 aliphatic carbocycles. The lowest BCUT2D eigenvalue weighted by Crippen LogP contribution is -2.55. The van der Waals surface area contributed by atoms with E-state index < -0.39 is 53.1 Å². The van der Waals surface area contributed by atoms with Gasteiger partial charge in [0.1, 0.15) is 46.9 Å². The first kappa shape index (κ1) is 34.7. The van der Waals surface area contributed by atoms with Crippen molar-refractivity contribution in [3.8, 4) is 23.2 Å². The Labute approximate surface area is 310 Å². The topological polar surface area (TPSA) is 112 Å². The number of hydrogen-bond donors (Lipinski definition) is 1. The fourth-order valence-electron chi connectivity index (χ4n) is 9.48. The number of alkyl halides is 3. The number of nitrogens with zero attached hydrogens (tertiary/aromatic N) is 6. The number of fused-ring (bicyclic) bond motifs is 3. The highest BCUT2D eigenvalue weighted by Crippen LogP contribution is 2.52. The molecular formula is C37H35ClF5N7O2S. The van der Waals surface area contributed by atoms with Crippen LogP contribution in [0.25, 0.3) is 32.1 Å². The van der Waals surface area contributed by atoms with E-state index in [0.717, 1.165) is 37.1 Å². The maximum absolute atomic E-state index is 17.1. The van der Waals surface area contributed by atoms with Crippen LogP contribution in [0.1, 0.15) is 56.9 Å². The summed E-state index contributed by atoms with van der Waals surface area (Å²) < 4.78 is 80.9. The number of benzene rings is 2. The third-order valence-electron chi connectivity index (χ3n) is 12.3. The predicted molar refractivity (Wildman–Crippen MR) is 191 cm³/mol. The Morgan fingerprint density at radius 2 is 1.85 bits per heavy atom. The molecule has 1 saturated carbocycles. The van der Waals surface area contributed by atoms with Gasteiger partial charge in [-0.2, -0.15) is 15.2 Å². The number of carbonyl (C=O) groups is 1. The standard InChI is InChI=1S/C37H35ClF5N7O2S/c38-24-13-21-29(28(41)27(24)20-3-4-25(40)30-26(20)22(16-44)31(45)53-30)46-34(52-18-36-6-1-9-49(36)17-19(39)14-36)47-32(21)48-11-7-35(8-12-48)5-2-10-50(35)33(51)23-15-37(23,42)43/h3-4,13,19,23H,1-2,5-12,14-15,17-18,45H2/t19-,23?,36+/m1/s1. The maximum atomic E-state index is 17.1. The van der Waals surface area contributed by atoms with Crippen LogP contribution in [0, 0.1) is 28.9 Å². The molecule has 9 rings (SSSR count). The van der Waals surface area contributed by atoms with E-state index in [1.165, 1.54) is 12.1 Å². The molecule has 4 aliphatic heterocycles. The van der Waals surface area contributed by atoms with Crippen molar-refractivity contribution in [3.05, 3.63) is 40.4 Å². The van der Waals surface area contributed by atoms with E-state index in [2.05, 4.69) is 9.88 Å². The highest BCUT2D eigenvalue weighted by atomic mass is 35.5. The number of hydrogen-bond acceptors (Lipinski definition) is 9. The van der Waals surface area contributed by atoms with Gasteiger partial charge in [0.15, 0.2) is 5.82 Å². The molecule has 1 amide bonds. The first-order valence-electron chi connectivity index (χ1n) is 17.9. The minimum Gasteiger partial charge on any atom is -0.461 e. The number of halogens is 6. The number of amides is 1. The van der Waals surface area contributed by atoms with Gasteiger partial charge in [0.05, 0.1) is 20.8 Å². The molecule has 16 heteroatoms. The molecule has 5 fully saturated rings. The van der Waals surface area contributed by atoms with Crippen LogP contribution < -0.4 is 15.4 Å². The van der Waals surface area contributed by atoms with Gasteiger partial charge < -0.3 is 20.3 Å². The molecule has 0 radical (unpaired) electrons. The summed E-state index contributed by atoms with van der Waals surface area (Å²) in [6.07, 6.45) is 2.95. The lowest BCUT2D eigenvalue weighted by molar-refractivity contribution is -0.139. The van der Waals surface area contributed by atoms with Crippen molar-refractivity contribution in [3.63, 3.8) is 0 Å². The van der Waals surface area contributed by atoms with E-state index in [1.54, 1.807) is 11.0 Å². The molecule has 53 heavy (non-hydrogen) atoms. The average Bonchev–Trinajstić information content (AvgIpc) is 3.54. The maximum Gasteiger partial charge on any atom is 0.319 e. The number of ether oxygens (including phenoxy) is 1. The minimum atomic E-state index is -2.95. The smallest absolute Gasteiger partial charge is 0.319 e. The fourth-order valence-corrected chi connectivity index (χ4v) is 10.7. The van der Waals surface area contributed by atoms with Crippen molar-refractivity contribution >= 4 is 60.7 Å². The molecule has 278 valence electrons. The SMILES string of the molecule is N#Cc1c(N)sc2c(F)ccc(-c3c(Cl)cc4c(N5CCC6(CCCN6C(=O)C6CC6(F)F)CC5)nc(OC[C@@]56CCCN5C[C@H](F)C6)nc4c3F)c12. The van der Waals surface area contributed by atoms with Gasteiger partial charge in [0, 0.05) is 60.9 Å². The summed E-state index contributed by atoms with van der Waals surface area (Å²) in [6.45, 7) is 2.38. The normalized spacial score (nSPS) is 26.1. The molecule has 1 spiro atoms. The lowest BCUT2D eigenvalue weighted by Gasteiger charge is -2.45. The van der Waals surface area contributed by atoms with Crippen molar-refractivity contribution in [1.29, 1.82) is 5.26 Å². The van der Waals surface area contributed by atoms with Gasteiger partial charge in [-0.05, 0) is 62.8 Å². The zero-order valence-electron chi connectivity index (χ0n) is 28.5. The number of nitrogen functional groups attached to an aromatic ring is 1. The van der Waals surface area contributed by atoms with Crippen molar-refractivity contribution in [2.75, 3.05) is 50.0 Å². The molecule has 2 aromatic carbocycles. The Morgan fingerprint density at radius 3 is 2.58 bits per heavy atom. The monoisotopic (exact) mass is 771 g/mol. The number of nitriles is 1. The van der Waals surface area contributed by atoms with Crippen LogP contribution in [-0.2, 0) is 4.79 Å². The number of carbonyl (C=O) groups excluding carboxylic acids is 1. The highest BCUT2D eigenvalue weighted by molar-refractivity contribution is 7.23. The van der Waals surface area contributed by atoms with Gasteiger partial charge in [0.25, 0.3) is 5.92 Å². The predicted octanol–water partition coefficient (Wildman–Crippen LogP) is 7.47. The van der Waals surface area contributed by atoms with E-state index in [-0.39, 0.29) is 60.3 Å². The van der Waals surface area contributed by atoms with E-state index in [1.807, 2.05) is 11.0 Å². The number of nitrogens with two attached hydrogens (primary N) is 1. The third-order valence-corrected chi connectivity index (χ3v) is 13.6. The van der Waals surface area contributed by atoms with E-state index in [4.69, 9.17) is 27.1 Å². The number of thiophene rings is 1. The molecule has 0 bridgehead atoms. The molecule has 2 aromatic heterocycles. The Morgan fingerprint density at radius 1 is 1.09 bits per heavy atom. The van der Waals surface area contributed by atoms with Crippen molar-refractivity contribution in [2.45, 2.75) is 74.5 Å². The highest BCUT2D eigenvalue weighted by Gasteiger charge is 2.64. The first-order chi connectivity index (χ1) is 25.3. The fraction of sp³-hybridized carbons (Fsp3) is 0.514. The summed E-state index contributed by atoms with van der Waals surface area (Å²) in [5.74, 6) is -5.81. The number of piperidine rings is 1. The van der Waals surface area contributed by atoms with Gasteiger partial charge in [-0.1, -0.05) is 17.7 Å². The summed E-state index contributed by atoms with van der Waals surface area (Å²) in [7, 11) is 0. The van der Waals surface area contributed by atoms with Crippen molar-refractivity contribution in [2.24, 2.45) is 5.92 Å². The number of likely N-dealkylation sites (tertiary alicyclic amines) is 1. The van der Waals surface area contributed by atoms with Crippen LogP contribution in [0.15, 0.2) is 18.2 Å². The van der Waals surface area contributed by atoms with Gasteiger partial charge in [-0.15, -0.1) is 11.3 Å². The average molecular weight is 772 g/mol. The third kappa shape index (κ3) is 5.41. The van der Waals surface area contributed by atoms with Crippen LogP contribution in [-0.4, -0.2) is 88.2 Å².